The van der Waals surface area contributed by atoms with E-state index < -0.39 is 78.5 Å². The van der Waals surface area contributed by atoms with E-state index in [0.29, 0.717) is 0 Å². The lowest BCUT2D eigenvalue weighted by Gasteiger charge is -2.45. The number of nitrogens with two attached hydrogens (primary N) is 1. The fourth-order valence-electron chi connectivity index (χ4n) is 2.97. The van der Waals surface area contributed by atoms with Gasteiger partial charge in [-0.2, -0.15) is 8.42 Å². The van der Waals surface area contributed by atoms with E-state index in [0.717, 1.165) is 0 Å². The van der Waals surface area contributed by atoms with Crippen LogP contribution in [0, 0.1) is 0 Å². The topological polar surface area (TPSA) is 207 Å². The van der Waals surface area contributed by atoms with E-state index in [1.165, 1.54) is 7.11 Å². The summed E-state index contributed by atoms with van der Waals surface area (Å²) in [6, 6.07) is 0. The quantitative estimate of drug-likeness (QED) is 0.210. The molecule has 13 nitrogen and oxygen atoms in total. The molecule has 0 spiro atoms. The predicted molar refractivity (Wildman–Crippen MR) is 84.7 cm³/mol. The first-order valence-electron chi connectivity index (χ1n) is 8.17. The van der Waals surface area contributed by atoms with Gasteiger partial charge in [0.1, 0.15) is 42.7 Å². The highest BCUT2D eigenvalue weighted by Crippen LogP contribution is 2.30. The molecule has 0 unspecified atom stereocenters. The maximum Gasteiger partial charge on any atom is 0.397 e. The Hall–Kier alpha value is -0.560. The Bertz CT molecular complexity index is 610. The molecule has 0 aromatic rings. The van der Waals surface area contributed by atoms with Gasteiger partial charge in [0.2, 0.25) is 0 Å². The maximum absolute atomic E-state index is 14.4. The van der Waals surface area contributed by atoms with Gasteiger partial charge in [-0.05, 0) is 0 Å². The van der Waals surface area contributed by atoms with Gasteiger partial charge >= 0.3 is 10.4 Å². The summed E-state index contributed by atoms with van der Waals surface area (Å²) in [4.78, 5) is 0. The van der Waals surface area contributed by atoms with Crippen molar-refractivity contribution in [3.63, 3.8) is 0 Å². The summed E-state index contributed by atoms with van der Waals surface area (Å²) in [6.07, 6.45) is -16.6. The van der Waals surface area contributed by atoms with E-state index in [4.69, 9.17) is 29.2 Å². The van der Waals surface area contributed by atoms with E-state index in [1.807, 2.05) is 0 Å². The van der Waals surface area contributed by atoms with Crippen molar-refractivity contribution in [1.82, 2.24) is 0 Å². The summed E-state index contributed by atoms with van der Waals surface area (Å²) in [6.45, 7) is -1.20. The average Bonchev–Trinajstić information content (AvgIpc) is 2.62. The van der Waals surface area contributed by atoms with Crippen LogP contribution in [0.4, 0.5) is 4.39 Å². The summed E-state index contributed by atoms with van der Waals surface area (Å²) in [5.74, 6) is 0. The molecule has 2 saturated heterocycles. The molecule has 0 aromatic heterocycles. The molecule has 7 N–H and O–H groups in total. The lowest BCUT2D eigenvalue weighted by atomic mass is 9.97. The first-order chi connectivity index (χ1) is 13.0. The third-order valence-electron chi connectivity index (χ3n) is 4.44. The molecule has 2 fully saturated rings. The van der Waals surface area contributed by atoms with Gasteiger partial charge < -0.3 is 45.1 Å². The molecular formula is C13H24FNO12S. The van der Waals surface area contributed by atoms with Crippen molar-refractivity contribution in [1.29, 1.82) is 0 Å². The standard InChI is InChI=1S/C13H24FNO12S/c1-23-11-9(18)10(4(2-15)25-12(11)19)27-13-6(14)8(17)7(16)5(26-13)3-24-28(20,21)22/h4-13,16-19H,2-3,15H2,1H3,(H,20,21,22)/t4-,5-,6-,7+,8-,9+,10-,11-,12-,13+/m1/s1. The molecule has 0 aromatic carbocycles. The van der Waals surface area contributed by atoms with Crippen molar-refractivity contribution in [3.8, 4) is 0 Å². The summed E-state index contributed by atoms with van der Waals surface area (Å²) in [7, 11) is -3.71. The Kier molecular flexibility index (Phi) is 8.05. The number of aliphatic hydroxyl groups is 4. The van der Waals surface area contributed by atoms with Crippen molar-refractivity contribution >= 4 is 10.4 Å². The number of methoxy groups -OCH3 is 1. The van der Waals surface area contributed by atoms with Crippen LogP contribution in [0.3, 0.4) is 0 Å². The highest BCUT2D eigenvalue weighted by Gasteiger charge is 2.51. The first-order valence-corrected chi connectivity index (χ1v) is 9.54. The van der Waals surface area contributed by atoms with Crippen LogP contribution in [0.1, 0.15) is 0 Å². The Labute approximate surface area is 159 Å². The molecule has 0 aliphatic carbocycles. The SMILES string of the molecule is CO[C@@H]1[C@@H](O)[C@H](O[C@@H]2O[C@H](COS(=O)(=O)O)[C@H](O)[C@H](O)[C@H]2F)[C@@H](CN)O[C@H]1O. The normalized spacial score (nSPS) is 45.1. The molecule has 166 valence electrons. The molecule has 2 aliphatic rings. The predicted octanol–water partition coefficient (Wildman–Crippen LogP) is -3.97. The Morgan fingerprint density at radius 1 is 1.04 bits per heavy atom. The summed E-state index contributed by atoms with van der Waals surface area (Å²) in [5, 5.41) is 39.8. The molecule has 0 bridgehead atoms. The molecule has 28 heavy (non-hydrogen) atoms. The summed E-state index contributed by atoms with van der Waals surface area (Å²) < 4.78 is 68.9. The maximum atomic E-state index is 14.4. The van der Waals surface area contributed by atoms with Crippen LogP contribution in [0.5, 0.6) is 0 Å². The van der Waals surface area contributed by atoms with Gasteiger partial charge in [-0.15, -0.1) is 0 Å². The third kappa shape index (κ3) is 5.32. The minimum Gasteiger partial charge on any atom is -0.387 e. The number of rotatable bonds is 7. The smallest absolute Gasteiger partial charge is 0.387 e. The number of aliphatic hydroxyl groups excluding tert-OH is 4. The monoisotopic (exact) mass is 437 g/mol. The molecule has 2 heterocycles. The second kappa shape index (κ2) is 9.50. The Balaban J connectivity index is 2.14. The molecule has 0 amide bonds. The minimum absolute atomic E-state index is 0.251. The zero-order valence-corrected chi connectivity index (χ0v) is 15.5. The van der Waals surface area contributed by atoms with Gasteiger partial charge in [0.15, 0.2) is 18.8 Å². The molecule has 2 rings (SSSR count). The molecule has 0 saturated carbocycles. The van der Waals surface area contributed by atoms with Crippen molar-refractivity contribution in [2.24, 2.45) is 5.73 Å². The van der Waals surface area contributed by atoms with Crippen molar-refractivity contribution in [3.05, 3.63) is 0 Å². The van der Waals surface area contributed by atoms with Crippen LogP contribution < -0.4 is 5.73 Å². The van der Waals surface area contributed by atoms with Gasteiger partial charge in [0, 0.05) is 13.7 Å². The number of halogens is 1. The van der Waals surface area contributed by atoms with E-state index in [1.54, 1.807) is 0 Å². The highest BCUT2D eigenvalue weighted by atomic mass is 32.3. The third-order valence-corrected chi connectivity index (χ3v) is 4.87. The van der Waals surface area contributed by atoms with Gasteiger partial charge in [-0.1, -0.05) is 0 Å². The number of ether oxygens (including phenoxy) is 4. The fraction of sp³-hybridized carbons (Fsp3) is 1.00. The van der Waals surface area contributed by atoms with Gasteiger partial charge in [0.05, 0.1) is 6.61 Å². The molecule has 15 heteroatoms. The van der Waals surface area contributed by atoms with E-state index >= 15 is 0 Å². The molecule has 0 radical (unpaired) electrons. The Morgan fingerprint density at radius 2 is 1.68 bits per heavy atom. The van der Waals surface area contributed by atoms with E-state index in [2.05, 4.69) is 4.18 Å². The van der Waals surface area contributed by atoms with Gasteiger partial charge in [-0.3, -0.25) is 4.55 Å². The van der Waals surface area contributed by atoms with Crippen LogP contribution in [0.15, 0.2) is 0 Å². The van der Waals surface area contributed by atoms with E-state index in [-0.39, 0.29) is 6.54 Å². The second-order valence-corrected chi connectivity index (χ2v) is 7.36. The van der Waals surface area contributed by atoms with E-state index in [9.17, 15) is 33.2 Å². The number of hydrogen-bond acceptors (Lipinski definition) is 12. The Morgan fingerprint density at radius 3 is 2.21 bits per heavy atom. The highest BCUT2D eigenvalue weighted by molar-refractivity contribution is 7.80. The minimum atomic E-state index is -4.89. The van der Waals surface area contributed by atoms with Crippen LogP contribution in [0.25, 0.3) is 0 Å². The molecular weight excluding hydrogens is 413 g/mol. The average molecular weight is 437 g/mol. The zero-order valence-electron chi connectivity index (χ0n) is 14.6. The molecule has 2 aliphatic heterocycles. The van der Waals surface area contributed by atoms with Crippen LogP contribution >= 0.6 is 0 Å². The summed E-state index contributed by atoms with van der Waals surface area (Å²) >= 11 is 0. The van der Waals surface area contributed by atoms with Crippen molar-refractivity contribution < 1.29 is 60.9 Å². The van der Waals surface area contributed by atoms with Crippen LogP contribution in [0.2, 0.25) is 0 Å². The fourth-order valence-corrected chi connectivity index (χ4v) is 3.28. The lowest BCUT2D eigenvalue weighted by molar-refractivity contribution is -0.346. The zero-order chi connectivity index (χ0) is 21.2. The second-order valence-electron chi connectivity index (χ2n) is 6.27. The largest absolute Gasteiger partial charge is 0.397 e. The number of alkyl halides is 1. The van der Waals surface area contributed by atoms with Crippen molar-refractivity contribution in [2.45, 2.75) is 61.5 Å². The first kappa shape index (κ1) is 23.7. The molecule has 10 atom stereocenters. The van der Waals surface area contributed by atoms with Crippen molar-refractivity contribution in [2.75, 3.05) is 20.3 Å². The lowest BCUT2D eigenvalue weighted by Crippen LogP contribution is -2.64. The number of hydrogen-bond donors (Lipinski definition) is 6. The van der Waals surface area contributed by atoms with Gasteiger partial charge in [-0.25, -0.2) is 8.57 Å². The van der Waals surface area contributed by atoms with Crippen LogP contribution in [-0.2, 0) is 33.5 Å². The summed E-state index contributed by atoms with van der Waals surface area (Å²) in [5.41, 5.74) is 5.51. The van der Waals surface area contributed by atoms with Crippen LogP contribution in [-0.4, -0.2) is 115 Å². The van der Waals surface area contributed by atoms with Gasteiger partial charge in [0.25, 0.3) is 0 Å².